The lowest BCUT2D eigenvalue weighted by Gasteiger charge is -2.15. The second kappa shape index (κ2) is 5.01. The van der Waals surface area contributed by atoms with Crippen molar-refractivity contribution in [1.29, 1.82) is 0 Å². The molecule has 0 aromatic carbocycles. The average molecular weight is 242 g/mol. The molecule has 1 saturated heterocycles. The van der Waals surface area contributed by atoms with Gasteiger partial charge in [-0.1, -0.05) is 0 Å². The number of hydrogen-bond donors (Lipinski definition) is 3. The van der Waals surface area contributed by atoms with Gasteiger partial charge in [0.1, 0.15) is 0 Å². The summed E-state index contributed by atoms with van der Waals surface area (Å²) < 4.78 is 0. The van der Waals surface area contributed by atoms with Crippen molar-refractivity contribution in [2.45, 2.75) is 31.4 Å². The summed E-state index contributed by atoms with van der Waals surface area (Å²) in [5, 5.41) is 20.3. The van der Waals surface area contributed by atoms with Crippen LogP contribution in [0.3, 0.4) is 0 Å². The van der Waals surface area contributed by atoms with Crippen LogP contribution in [0.15, 0.2) is 0 Å². The van der Waals surface area contributed by atoms with E-state index >= 15 is 0 Å². The van der Waals surface area contributed by atoms with Gasteiger partial charge in [-0.3, -0.25) is 9.59 Å². The molecule has 2 atom stereocenters. The number of carbonyl (C=O) groups is 2. The Labute approximate surface area is 99.6 Å². The maximum absolute atomic E-state index is 11.7. The molecule has 3 N–H and O–H groups in total. The van der Waals surface area contributed by atoms with Crippen LogP contribution in [0.4, 0.5) is 0 Å². The van der Waals surface area contributed by atoms with Crippen molar-refractivity contribution >= 4 is 11.8 Å². The first-order valence-electron chi connectivity index (χ1n) is 5.98. The summed E-state index contributed by atoms with van der Waals surface area (Å²) in [5.74, 6) is -0.474. The second-order valence-electron chi connectivity index (χ2n) is 4.76. The lowest BCUT2D eigenvalue weighted by molar-refractivity contribution is -0.129. The van der Waals surface area contributed by atoms with Crippen molar-refractivity contribution in [3.05, 3.63) is 0 Å². The lowest BCUT2D eigenvalue weighted by atomic mass is 10.1. The number of hydrogen-bond acceptors (Lipinski definition) is 4. The maximum atomic E-state index is 11.7. The molecule has 2 unspecified atom stereocenters. The Bertz CT molecular complexity index is 317. The molecular formula is C11H18N2O4. The van der Waals surface area contributed by atoms with Crippen LogP contribution in [0.2, 0.25) is 0 Å². The fourth-order valence-corrected chi connectivity index (χ4v) is 2.07. The first-order valence-corrected chi connectivity index (χ1v) is 5.98. The van der Waals surface area contributed by atoms with Crippen LogP contribution in [0, 0.1) is 5.92 Å². The minimum atomic E-state index is -0.935. The molecule has 2 amide bonds. The zero-order chi connectivity index (χ0) is 12.4. The molecule has 0 bridgehead atoms. The van der Waals surface area contributed by atoms with Crippen LogP contribution >= 0.6 is 0 Å². The van der Waals surface area contributed by atoms with E-state index in [0.29, 0.717) is 12.6 Å². The first-order chi connectivity index (χ1) is 8.11. The number of carbonyl (C=O) groups excluding carboxylic acids is 2. The predicted molar refractivity (Wildman–Crippen MR) is 58.9 cm³/mol. The molecular weight excluding hydrogens is 224 g/mol. The molecule has 2 rings (SSSR count). The molecule has 0 spiro atoms. The number of nitrogens with one attached hydrogen (secondary N) is 1. The first kappa shape index (κ1) is 12.3. The predicted octanol–water partition coefficient (Wildman–Crippen LogP) is -1.53. The van der Waals surface area contributed by atoms with Gasteiger partial charge in [-0.15, -0.1) is 0 Å². The monoisotopic (exact) mass is 242 g/mol. The van der Waals surface area contributed by atoms with E-state index in [2.05, 4.69) is 5.32 Å². The lowest BCUT2D eigenvalue weighted by Crippen LogP contribution is -2.38. The van der Waals surface area contributed by atoms with Gasteiger partial charge in [-0.2, -0.15) is 0 Å². The summed E-state index contributed by atoms with van der Waals surface area (Å²) >= 11 is 0. The Balaban J connectivity index is 1.78. The molecule has 17 heavy (non-hydrogen) atoms. The van der Waals surface area contributed by atoms with E-state index in [4.69, 9.17) is 10.2 Å². The molecule has 0 aromatic heterocycles. The molecule has 6 heteroatoms. The van der Waals surface area contributed by atoms with Gasteiger partial charge >= 0.3 is 0 Å². The van der Waals surface area contributed by atoms with Crippen LogP contribution in [-0.4, -0.2) is 58.8 Å². The summed E-state index contributed by atoms with van der Waals surface area (Å²) in [7, 11) is 0. The summed E-state index contributed by atoms with van der Waals surface area (Å²) in [6.45, 7) is 0.145. The highest BCUT2D eigenvalue weighted by Crippen LogP contribution is 2.32. The van der Waals surface area contributed by atoms with Crippen molar-refractivity contribution in [1.82, 2.24) is 10.2 Å². The van der Waals surface area contributed by atoms with Crippen molar-refractivity contribution in [3.8, 4) is 0 Å². The van der Waals surface area contributed by atoms with Gasteiger partial charge in [-0.05, 0) is 12.8 Å². The van der Waals surface area contributed by atoms with Gasteiger partial charge in [-0.25, -0.2) is 0 Å². The number of amides is 2. The zero-order valence-corrected chi connectivity index (χ0v) is 9.63. The number of likely N-dealkylation sites (tertiary alicyclic amines) is 1. The van der Waals surface area contributed by atoms with E-state index in [-0.39, 0.29) is 37.3 Å². The van der Waals surface area contributed by atoms with Crippen LogP contribution in [0.5, 0.6) is 0 Å². The standard InChI is InChI=1S/C11H18N2O4/c14-6-9(15)4-12-11(17)7-3-10(16)13(5-7)8-1-2-8/h7-9,14-15H,1-6H2,(H,12,17). The Morgan fingerprint density at radius 2 is 2.24 bits per heavy atom. The molecule has 6 nitrogen and oxygen atoms in total. The molecule has 1 aliphatic heterocycles. The topological polar surface area (TPSA) is 89.9 Å². The van der Waals surface area contributed by atoms with Gasteiger partial charge in [0.2, 0.25) is 11.8 Å². The number of nitrogens with zero attached hydrogens (tertiary/aromatic N) is 1. The molecule has 1 aliphatic carbocycles. The van der Waals surface area contributed by atoms with Crippen molar-refractivity contribution in [2.24, 2.45) is 5.92 Å². The fourth-order valence-electron chi connectivity index (χ4n) is 2.07. The third kappa shape index (κ3) is 2.95. The van der Waals surface area contributed by atoms with Crippen LogP contribution in [0.1, 0.15) is 19.3 Å². The van der Waals surface area contributed by atoms with Crippen molar-refractivity contribution in [3.63, 3.8) is 0 Å². The third-order valence-corrected chi connectivity index (χ3v) is 3.24. The van der Waals surface area contributed by atoms with Crippen molar-refractivity contribution < 1.29 is 19.8 Å². The Morgan fingerprint density at radius 1 is 1.53 bits per heavy atom. The highest BCUT2D eigenvalue weighted by atomic mass is 16.3. The van der Waals surface area contributed by atoms with Gasteiger partial charge in [0.05, 0.1) is 18.6 Å². The second-order valence-corrected chi connectivity index (χ2v) is 4.76. The molecule has 96 valence electrons. The van der Waals surface area contributed by atoms with Gasteiger partial charge in [0.25, 0.3) is 0 Å². The van der Waals surface area contributed by atoms with Crippen molar-refractivity contribution in [2.75, 3.05) is 19.7 Å². The van der Waals surface area contributed by atoms with E-state index in [1.807, 2.05) is 0 Å². The molecule has 1 saturated carbocycles. The average Bonchev–Trinajstić information content (AvgIpc) is 3.09. The van der Waals surface area contributed by atoms with Crippen LogP contribution < -0.4 is 5.32 Å². The summed E-state index contributed by atoms with van der Waals surface area (Å²) in [4.78, 5) is 25.1. The molecule has 0 radical (unpaired) electrons. The minimum Gasteiger partial charge on any atom is -0.394 e. The molecule has 0 aromatic rings. The van der Waals surface area contributed by atoms with E-state index in [1.165, 1.54) is 0 Å². The Hall–Kier alpha value is -1.14. The smallest absolute Gasteiger partial charge is 0.225 e. The van der Waals surface area contributed by atoms with Gasteiger partial charge in [0, 0.05) is 25.6 Å². The van der Waals surface area contributed by atoms with Gasteiger partial charge in [0.15, 0.2) is 0 Å². The van der Waals surface area contributed by atoms with E-state index < -0.39 is 6.10 Å². The largest absolute Gasteiger partial charge is 0.394 e. The number of rotatable bonds is 5. The summed E-state index contributed by atoms with van der Waals surface area (Å²) in [6, 6.07) is 0.350. The SMILES string of the molecule is O=C(NCC(O)CO)C1CC(=O)N(C2CC2)C1. The normalized spacial score (nSPS) is 26.1. The third-order valence-electron chi connectivity index (χ3n) is 3.24. The summed E-state index contributed by atoms with van der Waals surface area (Å²) in [6.07, 6.45) is 1.42. The van der Waals surface area contributed by atoms with Crippen LogP contribution in [0.25, 0.3) is 0 Å². The van der Waals surface area contributed by atoms with Crippen LogP contribution in [-0.2, 0) is 9.59 Å². The van der Waals surface area contributed by atoms with E-state index in [1.54, 1.807) is 4.90 Å². The Morgan fingerprint density at radius 3 is 2.82 bits per heavy atom. The zero-order valence-electron chi connectivity index (χ0n) is 9.63. The quantitative estimate of drug-likeness (QED) is 0.545. The van der Waals surface area contributed by atoms with E-state index in [0.717, 1.165) is 12.8 Å². The molecule has 2 aliphatic rings. The highest BCUT2D eigenvalue weighted by molar-refractivity contribution is 5.89. The maximum Gasteiger partial charge on any atom is 0.225 e. The Kier molecular flexibility index (Phi) is 3.63. The van der Waals surface area contributed by atoms with Gasteiger partial charge < -0.3 is 20.4 Å². The minimum absolute atomic E-state index is 0.0312. The number of aliphatic hydroxyl groups excluding tert-OH is 2. The summed E-state index contributed by atoms with van der Waals surface area (Å²) in [5.41, 5.74) is 0. The molecule has 2 fully saturated rings. The van der Waals surface area contributed by atoms with E-state index in [9.17, 15) is 9.59 Å². The molecule has 1 heterocycles. The highest BCUT2D eigenvalue weighted by Gasteiger charge is 2.41. The number of aliphatic hydroxyl groups is 2. The fraction of sp³-hybridized carbons (Fsp3) is 0.818.